The van der Waals surface area contributed by atoms with Crippen LogP contribution in [0.3, 0.4) is 0 Å². The molecule has 0 saturated heterocycles. The van der Waals surface area contributed by atoms with Gasteiger partial charge in [0, 0.05) is 15.0 Å². The van der Waals surface area contributed by atoms with Crippen molar-refractivity contribution < 1.29 is 0 Å². The van der Waals surface area contributed by atoms with Crippen molar-refractivity contribution in [2.24, 2.45) is 0 Å². The maximum Gasteiger partial charge on any atom is 0.0604 e. The Hall–Kier alpha value is -0.800. The van der Waals surface area contributed by atoms with E-state index in [-0.39, 0.29) is 0 Å². The summed E-state index contributed by atoms with van der Waals surface area (Å²) in [5, 5.41) is 5.81. The number of rotatable bonds is 5. The number of anilines is 1. The molecule has 1 N–H and O–H groups in total. The third kappa shape index (κ3) is 3.15. The Kier molecular flexibility index (Phi) is 4.84. The average Bonchev–Trinajstić information content (AvgIpc) is 2.91. The highest BCUT2D eigenvalue weighted by molar-refractivity contribution is 9.10. The molecular weight excluding hydrogens is 306 g/mol. The van der Waals surface area contributed by atoms with Crippen LogP contribution in [-0.4, -0.2) is 0 Å². The molecule has 0 aliphatic heterocycles. The Balaban J connectivity index is 2.22. The first kappa shape index (κ1) is 13.6. The zero-order valence-corrected chi connectivity index (χ0v) is 13.1. The zero-order chi connectivity index (χ0) is 13.0. The minimum absolute atomic E-state index is 0.413. The molecule has 2 aromatic rings. The van der Waals surface area contributed by atoms with Crippen LogP contribution in [0.15, 0.2) is 40.2 Å². The van der Waals surface area contributed by atoms with Crippen LogP contribution >= 0.6 is 27.3 Å². The Morgan fingerprint density at radius 3 is 2.72 bits per heavy atom. The quantitative estimate of drug-likeness (QED) is 0.751. The monoisotopic (exact) mass is 323 g/mol. The second-order valence-electron chi connectivity index (χ2n) is 4.28. The Morgan fingerprint density at radius 2 is 2.11 bits per heavy atom. The van der Waals surface area contributed by atoms with Gasteiger partial charge in [-0.15, -0.1) is 11.3 Å². The van der Waals surface area contributed by atoms with Gasteiger partial charge in [-0.2, -0.15) is 0 Å². The summed E-state index contributed by atoms with van der Waals surface area (Å²) in [6.45, 7) is 4.42. The van der Waals surface area contributed by atoms with E-state index in [1.807, 2.05) is 11.3 Å². The van der Waals surface area contributed by atoms with E-state index < -0.39 is 0 Å². The van der Waals surface area contributed by atoms with Crippen LogP contribution in [0.4, 0.5) is 5.69 Å². The van der Waals surface area contributed by atoms with Crippen LogP contribution in [-0.2, 0) is 6.42 Å². The van der Waals surface area contributed by atoms with Gasteiger partial charge in [-0.3, -0.25) is 0 Å². The summed E-state index contributed by atoms with van der Waals surface area (Å²) in [4.78, 5) is 1.41. The van der Waals surface area contributed by atoms with Crippen molar-refractivity contribution in [3.05, 3.63) is 50.6 Å². The number of aryl methyl sites for hydroxylation is 1. The first-order valence-electron chi connectivity index (χ1n) is 6.33. The minimum Gasteiger partial charge on any atom is -0.377 e. The molecule has 18 heavy (non-hydrogen) atoms. The predicted molar refractivity (Wildman–Crippen MR) is 84.5 cm³/mol. The van der Waals surface area contributed by atoms with Gasteiger partial charge in [0.15, 0.2) is 0 Å². The molecule has 0 fully saturated rings. The van der Waals surface area contributed by atoms with Gasteiger partial charge in [-0.05, 0) is 48.1 Å². The van der Waals surface area contributed by atoms with Crippen LogP contribution in [0, 0.1) is 0 Å². The second-order valence-corrected chi connectivity index (χ2v) is 6.17. The number of benzene rings is 1. The topological polar surface area (TPSA) is 12.0 Å². The summed E-state index contributed by atoms with van der Waals surface area (Å²) in [5.41, 5.74) is 2.61. The molecule has 1 aromatic heterocycles. The number of nitrogens with one attached hydrogen (secondary N) is 1. The van der Waals surface area contributed by atoms with E-state index in [1.165, 1.54) is 16.1 Å². The van der Waals surface area contributed by atoms with Crippen LogP contribution < -0.4 is 5.32 Å². The molecule has 2 rings (SSSR count). The Labute approximate surface area is 121 Å². The summed E-state index contributed by atoms with van der Waals surface area (Å²) in [7, 11) is 0. The molecule has 1 atom stereocenters. The van der Waals surface area contributed by atoms with Crippen molar-refractivity contribution in [2.45, 2.75) is 32.7 Å². The van der Waals surface area contributed by atoms with E-state index in [0.29, 0.717) is 6.04 Å². The van der Waals surface area contributed by atoms with E-state index in [1.54, 1.807) is 0 Å². The van der Waals surface area contributed by atoms with Crippen LogP contribution in [0.25, 0.3) is 0 Å². The minimum atomic E-state index is 0.413. The van der Waals surface area contributed by atoms with E-state index in [2.05, 4.69) is 70.8 Å². The third-order valence-electron chi connectivity index (χ3n) is 3.07. The number of hydrogen-bond acceptors (Lipinski definition) is 2. The highest BCUT2D eigenvalue weighted by Crippen LogP contribution is 2.29. The fraction of sp³-hybridized carbons (Fsp3) is 0.333. The molecule has 1 nitrogen and oxygen atoms in total. The molecular formula is C15H18BrNS. The summed E-state index contributed by atoms with van der Waals surface area (Å²) >= 11 is 5.35. The maximum atomic E-state index is 3.67. The largest absolute Gasteiger partial charge is 0.377 e. The Morgan fingerprint density at radius 1 is 1.28 bits per heavy atom. The first-order valence-corrected chi connectivity index (χ1v) is 8.00. The molecule has 1 aromatic carbocycles. The normalized spacial score (nSPS) is 12.4. The fourth-order valence-corrected chi connectivity index (χ4v) is 3.32. The van der Waals surface area contributed by atoms with Crippen molar-refractivity contribution >= 4 is 33.0 Å². The van der Waals surface area contributed by atoms with E-state index in [9.17, 15) is 0 Å². The number of halogens is 1. The highest BCUT2D eigenvalue weighted by Gasteiger charge is 2.11. The van der Waals surface area contributed by atoms with Crippen LogP contribution in [0.5, 0.6) is 0 Å². The molecule has 0 bridgehead atoms. The van der Waals surface area contributed by atoms with Gasteiger partial charge in [0.05, 0.1) is 6.04 Å². The molecule has 1 unspecified atom stereocenters. The zero-order valence-electron chi connectivity index (χ0n) is 10.7. The summed E-state index contributed by atoms with van der Waals surface area (Å²) < 4.78 is 1.15. The lowest BCUT2D eigenvalue weighted by Crippen LogP contribution is -2.09. The SMILES string of the molecule is CCc1cc(Br)ccc1NC(CC)c1cccs1. The molecule has 0 aliphatic rings. The summed E-state index contributed by atoms with van der Waals surface area (Å²) in [6.07, 6.45) is 2.14. The van der Waals surface area contributed by atoms with E-state index in [0.717, 1.165) is 17.3 Å². The highest BCUT2D eigenvalue weighted by atomic mass is 79.9. The van der Waals surface area contributed by atoms with Gasteiger partial charge in [0.1, 0.15) is 0 Å². The third-order valence-corrected chi connectivity index (χ3v) is 4.55. The molecule has 3 heteroatoms. The Bertz CT molecular complexity index is 493. The van der Waals surface area contributed by atoms with Crippen LogP contribution in [0.2, 0.25) is 0 Å². The molecule has 0 saturated carbocycles. The summed E-state index contributed by atoms with van der Waals surface area (Å²) in [6, 6.07) is 11.2. The van der Waals surface area contributed by atoms with Crippen molar-refractivity contribution in [2.75, 3.05) is 5.32 Å². The molecule has 1 heterocycles. The van der Waals surface area contributed by atoms with Gasteiger partial charge in [-0.25, -0.2) is 0 Å². The molecule has 0 spiro atoms. The van der Waals surface area contributed by atoms with E-state index in [4.69, 9.17) is 0 Å². The van der Waals surface area contributed by atoms with Crippen LogP contribution in [0.1, 0.15) is 36.8 Å². The lowest BCUT2D eigenvalue weighted by atomic mass is 10.1. The van der Waals surface area contributed by atoms with Gasteiger partial charge < -0.3 is 5.32 Å². The lowest BCUT2D eigenvalue weighted by molar-refractivity contribution is 0.762. The van der Waals surface area contributed by atoms with E-state index >= 15 is 0 Å². The number of hydrogen-bond donors (Lipinski definition) is 1. The van der Waals surface area contributed by atoms with Gasteiger partial charge >= 0.3 is 0 Å². The summed E-state index contributed by atoms with van der Waals surface area (Å²) in [5.74, 6) is 0. The van der Waals surface area contributed by atoms with Crippen molar-refractivity contribution in [3.8, 4) is 0 Å². The molecule has 0 aliphatic carbocycles. The van der Waals surface area contributed by atoms with Crippen molar-refractivity contribution in [1.29, 1.82) is 0 Å². The average molecular weight is 324 g/mol. The fourth-order valence-electron chi connectivity index (χ4n) is 2.05. The molecule has 0 radical (unpaired) electrons. The van der Waals surface area contributed by atoms with Crippen molar-refractivity contribution in [3.63, 3.8) is 0 Å². The van der Waals surface area contributed by atoms with Gasteiger partial charge in [0.25, 0.3) is 0 Å². The first-order chi connectivity index (χ1) is 8.74. The predicted octanol–water partition coefficient (Wildman–Crippen LogP) is 5.64. The van der Waals surface area contributed by atoms with Crippen molar-refractivity contribution in [1.82, 2.24) is 0 Å². The smallest absolute Gasteiger partial charge is 0.0604 e. The van der Waals surface area contributed by atoms with Gasteiger partial charge in [0.2, 0.25) is 0 Å². The molecule has 0 amide bonds. The lowest BCUT2D eigenvalue weighted by Gasteiger charge is -2.19. The second kappa shape index (κ2) is 6.39. The molecule has 96 valence electrons. The standard InChI is InChI=1S/C15H18BrNS/c1-3-11-10-12(16)7-8-14(11)17-13(4-2)15-6-5-9-18-15/h5-10,13,17H,3-4H2,1-2H3. The number of thiophene rings is 1. The maximum absolute atomic E-state index is 3.67. The van der Waals surface area contributed by atoms with Gasteiger partial charge in [-0.1, -0.05) is 35.8 Å².